The summed E-state index contributed by atoms with van der Waals surface area (Å²) in [5, 5.41) is 2.62. The topological polar surface area (TPSA) is 86.8 Å². The van der Waals surface area contributed by atoms with E-state index in [0.717, 1.165) is 24.8 Å². The van der Waals surface area contributed by atoms with Crippen molar-refractivity contribution < 1.29 is 19.2 Å². The quantitative estimate of drug-likeness (QED) is 0.656. The summed E-state index contributed by atoms with van der Waals surface area (Å²) < 4.78 is 0. The van der Waals surface area contributed by atoms with Crippen LogP contribution in [0.2, 0.25) is 0 Å². The number of hydrogen-bond donors (Lipinski definition) is 1. The molecule has 0 aromatic heterocycles. The van der Waals surface area contributed by atoms with Crippen molar-refractivity contribution in [3.63, 3.8) is 0 Å². The smallest absolute Gasteiger partial charge is 0.313 e. The zero-order valence-corrected chi connectivity index (χ0v) is 14.9. The lowest BCUT2D eigenvalue weighted by atomic mass is 10.1. The van der Waals surface area contributed by atoms with Crippen molar-refractivity contribution in [3.8, 4) is 0 Å². The molecule has 7 heteroatoms. The molecule has 1 N–H and O–H groups in total. The van der Waals surface area contributed by atoms with Crippen molar-refractivity contribution in [3.05, 3.63) is 29.8 Å². The number of carbonyl (C=O) groups excluding carboxylic acids is 4. The molecular formula is C19H23N3O4. The van der Waals surface area contributed by atoms with Gasteiger partial charge in [0.15, 0.2) is 0 Å². The number of hydrogen-bond acceptors (Lipinski definition) is 4. The summed E-state index contributed by atoms with van der Waals surface area (Å²) in [6.07, 6.45) is 3.26. The zero-order valence-electron chi connectivity index (χ0n) is 14.9. The summed E-state index contributed by atoms with van der Waals surface area (Å²) in [5.41, 5.74) is 1.31. The maximum atomic E-state index is 12.3. The summed E-state index contributed by atoms with van der Waals surface area (Å²) in [4.78, 5) is 50.7. The van der Waals surface area contributed by atoms with Gasteiger partial charge in [0.1, 0.15) is 0 Å². The minimum absolute atomic E-state index is 0.145. The lowest BCUT2D eigenvalue weighted by Gasteiger charge is -2.22. The van der Waals surface area contributed by atoms with E-state index in [2.05, 4.69) is 5.32 Å². The number of amides is 4. The monoisotopic (exact) mass is 357 g/mol. The number of carbonyl (C=O) groups is 4. The van der Waals surface area contributed by atoms with Gasteiger partial charge in [-0.25, -0.2) is 0 Å². The van der Waals surface area contributed by atoms with Crippen molar-refractivity contribution in [1.82, 2.24) is 9.80 Å². The Bertz CT molecular complexity index is 713. The van der Waals surface area contributed by atoms with E-state index in [1.807, 2.05) is 6.92 Å². The molecule has 0 bridgehead atoms. The van der Waals surface area contributed by atoms with Crippen molar-refractivity contribution in [1.29, 1.82) is 0 Å². The van der Waals surface area contributed by atoms with Gasteiger partial charge in [-0.1, -0.05) is 19.1 Å². The molecular weight excluding hydrogens is 334 g/mol. The van der Waals surface area contributed by atoms with Crippen LogP contribution in [-0.4, -0.2) is 46.0 Å². The second-order valence-electron chi connectivity index (χ2n) is 6.73. The molecule has 1 unspecified atom stereocenters. The first-order valence-electron chi connectivity index (χ1n) is 9.03. The van der Waals surface area contributed by atoms with Gasteiger partial charge in [-0.15, -0.1) is 0 Å². The molecule has 7 nitrogen and oxygen atoms in total. The first-order valence-corrected chi connectivity index (χ1v) is 9.03. The average Bonchev–Trinajstić information content (AvgIpc) is 3.24. The Kier molecular flexibility index (Phi) is 5.35. The molecule has 1 atom stereocenters. The molecule has 2 fully saturated rings. The molecule has 1 aromatic carbocycles. The van der Waals surface area contributed by atoms with E-state index in [4.69, 9.17) is 0 Å². The molecule has 0 radical (unpaired) electrons. The summed E-state index contributed by atoms with van der Waals surface area (Å²) in [6.45, 7) is 2.88. The maximum absolute atomic E-state index is 12.3. The summed E-state index contributed by atoms with van der Waals surface area (Å²) in [5.74, 6) is -1.45. The Hall–Kier alpha value is -2.70. The van der Waals surface area contributed by atoms with E-state index < -0.39 is 11.8 Å². The van der Waals surface area contributed by atoms with Crippen molar-refractivity contribution >= 4 is 29.3 Å². The number of nitrogens with zero attached hydrogens (tertiary/aromatic N) is 2. The van der Waals surface area contributed by atoms with Crippen molar-refractivity contribution in [2.24, 2.45) is 0 Å². The minimum atomic E-state index is -0.636. The van der Waals surface area contributed by atoms with E-state index in [-0.39, 0.29) is 37.2 Å². The lowest BCUT2D eigenvalue weighted by molar-refractivity contribution is -0.143. The fourth-order valence-corrected chi connectivity index (χ4v) is 3.52. The zero-order chi connectivity index (χ0) is 18.7. The van der Waals surface area contributed by atoms with Crippen LogP contribution in [0.4, 0.5) is 5.69 Å². The Morgan fingerprint density at radius 2 is 1.77 bits per heavy atom. The van der Waals surface area contributed by atoms with Gasteiger partial charge in [0.2, 0.25) is 11.8 Å². The predicted molar refractivity (Wildman–Crippen MR) is 94.9 cm³/mol. The molecule has 1 aromatic rings. The maximum Gasteiger partial charge on any atom is 0.313 e. The van der Waals surface area contributed by atoms with Gasteiger partial charge in [-0.2, -0.15) is 0 Å². The van der Waals surface area contributed by atoms with Crippen LogP contribution in [0.15, 0.2) is 24.3 Å². The molecule has 4 amide bonds. The fraction of sp³-hybridized carbons (Fsp3) is 0.474. The van der Waals surface area contributed by atoms with Crippen LogP contribution >= 0.6 is 0 Å². The predicted octanol–water partition coefficient (Wildman–Crippen LogP) is 1.68. The van der Waals surface area contributed by atoms with Crippen molar-refractivity contribution in [2.45, 2.75) is 51.6 Å². The summed E-state index contributed by atoms with van der Waals surface area (Å²) >= 11 is 0. The highest BCUT2D eigenvalue weighted by Crippen LogP contribution is 2.21. The van der Waals surface area contributed by atoms with Crippen LogP contribution in [0.5, 0.6) is 0 Å². The second kappa shape index (κ2) is 7.68. The second-order valence-corrected chi connectivity index (χ2v) is 6.73. The number of anilines is 1. The van der Waals surface area contributed by atoms with Crippen LogP contribution in [0, 0.1) is 0 Å². The van der Waals surface area contributed by atoms with Crippen LogP contribution in [0.3, 0.4) is 0 Å². The van der Waals surface area contributed by atoms with E-state index in [0.29, 0.717) is 12.2 Å². The molecule has 2 heterocycles. The van der Waals surface area contributed by atoms with Gasteiger partial charge < -0.3 is 10.2 Å². The van der Waals surface area contributed by atoms with Gasteiger partial charge in [0.05, 0.1) is 6.54 Å². The molecule has 2 saturated heterocycles. The highest BCUT2D eigenvalue weighted by Gasteiger charge is 2.31. The third kappa shape index (κ3) is 3.76. The highest BCUT2D eigenvalue weighted by molar-refractivity contribution is 6.39. The number of imide groups is 1. The lowest BCUT2D eigenvalue weighted by Crippen LogP contribution is -2.42. The van der Waals surface area contributed by atoms with Gasteiger partial charge in [0, 0.05) is 31.1 Å². The Labute approximate surface area is 152 Å². The minimum Gasteiger partial charge on any atom is -0.331 e. The largest absolute Gasteiger partial charge is 0.331 e. The number of nitrogens with one attached hydrogen (secondary N) is 1. The molecule has 138 valence electrons. The molecule has 3 rings (SSSR count). The molecule has 2 aliphatic heterocycles. The Balaban J connectivity index is 1.58. The summed E-state index contributed by atoms with van der Waals surface area (Å²) in [6, 6.07) is 6.97. The highest BCUT2D eigenvalue weighted by atomic mass is 16.2. The van der Waals surface area contributed by atoms with E-state index in [1.54, 1.807) is 29.2 Å². The number of rotatable bonds is 4. The first-order chi connectivity index (χ1) is 12.5. The SMILES string of the molecule is CCC1CCCN1C(=O)C(=O)Nc1ccc(CN2C(=O)CCC2=O)cc1. The third-order valence-corrected chi connectivity index (χ3v) is 5.01. The van der Waals surface area contributed by atoms with Crippen LogP contribution in [0.1, 0.15) is 44.6 Å². The molecule has 2 aliphatic rings. The molecule has 0 spiro atoms. The van der Waals surface area contributed by atoms with E-state index in [1.165, 1.54) is 4.90 Å². The number of benzene rings is 1. The van der Waals surface area contributed by atoms with Gasteiger partial charge in [0.25, 0.3) is 0 Å². The van der Waals surface area contributed by atoms with Gasteiger partial charge in [-0.05, 0) is 37.0 Å². The third-order valence-electron chi connectivity index (χ3n) is 5.01. The molecule has 0 saturated carbocycles. The Morgan fingerprint density at radius 1 is 1.12 bits per heavy atom. The van der Waals surface area contributed by atoms with E-state index in [9.17, 15) is 19.2 Å². The average molecular weight is 357 g/mol. The number of likely N-dealkylation sites (tertiary alicyclic amines) is 2. The van der Waals surface area contributed by atoms with Gasteiger partial charge >= 0.3 is 11.8 Å². The van der Waals surface area contributed by atoms with Gasteiger partial charge in [-0.3, -0.25) is 24.1 Å². The molecule has 0 aliphatic carbocycles. The van der Waals surface area contributed by atoms with E-state index >= 15 is 0 Å². The fourth-order valence-electron chi connectivity index (χ4n) is 3.52. The molecule has 26 heavy (non-hydrogen) atoms. The first kappa shape index (κ1) is 18.1. The van der Waals surface area contributed by atoms with Crippen molar-refractivity contribution in [2.75, 3.05) is 11.9 Å². The standard InChI is InChI=1S/C19H23N3O4/c1-2-15-4-3-11-21(15)19(26)18(25)20-14-7-5-13(6-8-14)12-22-16(23)9-10-17(22)24/h5-8,15H,2-4,9-12H2,1H3,(H,20,25). The van der Waals surface area contributed by atoms with Crippen LogP contribution < -0.4 is 5.32 Å². The Morgan fingerprint density at radius 3 is 2.38 bits per heavy atom. The summed E-state index contributed by atoms with van der Waals surface area (Å²) in [7, 11) is 0. The van der Waals surface area contributed by atoms with Crippen LogP contribution in [0.25, 0.3) is 0 Å². The van der Waals surface area contributed by atoms with Crippen LogP contribution in [-0.2, 0) is 25.7 Å². The normalized spacial score (nSPS) is 20.0.